The third-order valence-electron chi connectivity index (χ3n) is 4.74. The van der Waals surface area contributed by atoms with Crippen LogP contribution in [0.25, 0.3) is 0 Å². The van der Waals surface area contributed by atoms with E-state index >= 15 is 0 Å². The molecule has 1 heterocycles. The average Bonchev–Trinajstić information content (AvgIpc) is 2.91. The van der Waals surface area contributed by atoms with Crippen molar-refractivity contribution in [1.82, 2.24) is 4.90 Å². The summed E-state index contributed by atoms with van der Waals surface area (Å²) in [7, 11) is 0. The topological polar surface area (TPSA) is 15.3 Å². The number of fused-ring (bicyclic) bond motifs is 1. The Hall–Kier alpha value is -1.80. The van der Waals surface area contributed by atoms with Gasteiger partial charge in [0, 0.05) is 30.9 Å². The molecule has 1 atom stereocenters. The van der Waals surface area contributed by atoms with Crippen molar-refractivity contribution in [1.29, 1.82) is 0 Å². The first-order valence-electron chi connectivity index (χ1n) is 8.78. The van der Waals surface area contributed by atoms with E-state index in [0.717, 1.165) is 25.9 Å². The molecule has 0 fully saturated rings. The van der Waals surface area contributed by atoms with E-state index in [1.54, 1.807) is 0 Å². The van der Waals surface area contributed by atoms with E-state index in [1.807, 2.05) is 0 Å². The maximum Gasteiger partial charge on any atom is 0.0375 e. The minimum absolute atomic E-state index is 0.561. The first-order chi connectivity index (χ1) is 11.1. The predicted octanol–water partition coefficient (Wildman–Crippen LogP) is 4.50. The lowest BCUT2D eigenvalue weighted by Crippen LogP contribution is -2.32. The normalized spacial score (nSPS) is 16.7. The number of benzene rings is 2. The van der Waals surface area contributed by atoms with Gasteiger partial charge in [0.05, 0.1) is 0 Å². The molecule has 0 saturated carbocycles. The Balaban J connectivity index is 1.62. The highest BCUT2D eigenvalue weighted by molar-refractivity contribution is 5.57. The molecule has 2 nitrogen and oxygen atoms in total. The van der Waals surface area contributed by atoms with Gasteiger partial charge >= 0.3 is 0 Å². The Morgan fingerprint density at radius 1 is 1.09 bits per heavy atom. The summed E-state index contributed by atoms with van der Waals surface area (Å²) < 4.78 is 0. The number of nitrogens with one attached hydrogen (secondary N) is 1. The fourth-order valence-electron chi connectivity index (χ4n) is 3.37. The van der Waals surface area contributed by atoms with Gasteiger partial charge in [0.25, 0.3) is 0 Å². The zero-order valence-corrected chi connectivity index (χ0v) is 14.5. The average molecular weight is 308 g/mol. The van der Waals surface area contributed by atoms with Gasteiger partial charge in [0.2, 0.25) is 0 Å². The van der Waals surface area contributed by atoms with E-state index in [4.69, 9.17) is 0 Å². The number of hydrogen-bond donors (Lipinski definition) is 1. The maximum atomic E-state index is 3.53. The zero-order valence-electron chi connectivity index (χ0n) is 14.5. The molecule has 0 bridgehead atoms. The summed E-state index contributed by atoms with van der Waals surface area (Å²) in [6, 6.07) is 18.9. The lowest BCUT2D eigenvalue weighted by atomic mass is 10.0. The molecule has 1 unspecified atom stereocenters. The quantitative estimate of drug-likeness (QED) is 0.845. The van der Waals surface area contributed by atoms with Crippen LogP contribution in [0.1, 0.15) is 37.5 Å². The molecule has 3 rings (SSSR count). The largest absolute Gasteiger partial charge is 0.382 e. The Morgan fingerprint density at radius 3 is 2.61 bits per heavy atom. The van der Waals surface area contributed by atoms with Crippen LogP contribution in [0, 0.1) is 0 Å². The van der Waals surface area contributed by atoms with Crippen molar-refractivity contribution in [2.45, 2.75) is 52.2 Å². The van der Waals surface area contributed by atoms with E-state index in [1.165, 1.54) is 22.4 Å². The van der Waals surface area contributed by atoms with Crippen molar-refractivity contribution in [3.05, 3.63) is 65.2 Å². The second kappa shape index (κ2) is 7.18. The molecule has 0 radical (unpaired) electrons. The first kappa shape index (κ1) is 16.1. The second-order valence-electron chi connectivity index (χ2n) is 7.04. The maximum absolute atomic E-state index is 3.53. The van der Waals surface area contributed by atoms with Gasteiger partial charge in [-0.2, -0.15) is 0 Å². The zero-order chi connectivity index (χ0) is 16.2. The third kappa shape index (κ3) is 4.14. The first-order valence-corrected chi connectivity index (χ1v) is 8.78. The van der Waals surface area contributed by atoms with Crippen molar-refractivity contribution < 1.29 is 0 Å². The van der Waals surface area contributed by atoms with Crippen LogP contribution in [0.4, 0.5) is 5.69 Å². The van der Waals surface area contributed by atoms with E-state index in [0.29, 0.717) is 12.1 Å². The highest BCUT2D eigenvalue weighted by atomic mass is 15.1. The Labute approximate surface area is 140 Å². The van der Waals surface area contributed by atoms with Gasteiger partial charge in [-0.25, -0.2) is 0 Å². The van der Waals surface area contributed by atoms with E-state index in [2.05, 4.69) is 79.5 Å². The van der Waals surface area contributed by atoms with E-state index < -0.39 is 0 Å². The molecule has 0 saturated heterocycles. The van der Waals surface area contributed by atoms with Crippen LogP contribution in [-0.2, 0) is 19.4 Å². The van der Waals surface area contributed by atoms with Gasteiger partial charge in [0.1, 0.15) is 0 Å². The van der Waals surface area contributed by atoms with Crippen molar-refractivity contribution in [2.24, 2.45) is 0 Å². The smallest absolute Gasteiger partial charge is 0.0375 e. The summed E-state index contributed by atoms with van der Waals surface area (Å²) >= 11 is 0. The second-order valence-corrected chi connectivity index (χ2v) is 7.04. The van der Waals surface area contributed by atoms with Crippen LogP contribution in [0.2, 0.25) is 0 Å². The number of hydrogen-bond acceptors (Lipinski definition) is 2. The summed E-state index contributed by atoms with van der Waals surface area (Å²) in [4.78, 5) is 2.56. The number of nitrogens with zero attached hydrogens (tertiary/aromatic N) is 1. The number of anilines is 1. The molecule has 1 aliphatic rings. The molecule has 2 aromatic rings. The van der Waals surface area contributed by atoms with Crippen LogP contribution in [-0.4, -0.2) is 23.5 Å². The molecule has 0 spiro atoms. The SMILES string of the molecule is CC1Cc2cc(CCN(Cc3ccccc3)C(C)C)ccc2N1. The summed E-state index contributed by atoms with van der Waals surface area (Å²) in [5, 5.41) is 3.53. The van der Waals surface area contributed by atoms with Crippen LogP contribution in [0.15, 0.2) is 48.5 Å². The lowest BCUT2D eigenvalue weighted by Gasteiger charge is -2.26. The van der Waals surface area contributed by atoms with Crippen molar-refractivity contribution in [3.8, 4) is 0 Å². The molecule has 2 heteroatoms. The molecule has 0 aromatic heterocycles. The molecule has 23 heavy (non-hydrogen) atoms. The van der Waals surface area contributed by atoms with Crippen molar-refractivity contribution in [2.75, 3.05) is 11.9 Å². The van der Waals surface area contributed by atoms with Crippen molar-refractivity contribution >= 4 is 5.69 Å². The van der Waals surface area contributed by atoms with Gasteiger partial charge in [-0.05, 0) is 56.4 Å². The summed E-state index contributed by atoms with van der Waals surface area (Å²) in [6.45, 7) is 8.96. The molecule has 1 aliphatic heterocycles. The molecular formula is C21H28N2. The molecule has 0 aliphatic carbocycles. The summed E-state index contributed by atoms with van der Waals surface area (Å²) in [5.74, 6) is 0. The van der Waals surface area contributed by atoms with Crippen LogP contribution in [0.3, 0.4) is 0 Å². The summed E-state index contributed by atoms with van der Waals surface area (Å²) in [6.07, 6.45) is 2.27. The highest BCUT2D eigenvalue weighted by Crippen LogP contribution is 2.26. The van der Waals surface area contributed by atoms with Crippen molar-refractivity contribution in [3.63, 3.8) is 0 Å². The standard InChI is InChI=1S/C21H28N2/c1-16(2)23(15-19-7-5-4-6-8-19)12-11-18-9-10-21-20(14-18)13-17(3)22-21/h4-10,14,16-17,22H,11-13,15H2,1-3H3. The fourth-order valence-corrected chi connectivity index (χ4v) is 3.37. The van der Waals surface area contributed by atoms with E-state index in [9.17, 15) is 0 Å². The monoisotopic (exact) mass is 308 g/mol. The molecule has 0 amide bonds. The molecule has 1 N–H and O–H groups in total. The lowest BCUT2D eigenvalue weighted by molar-refractivity contribution is 0.215. The van der Waals surface area contributed by atoms with Crippen LogP contribution >= 0.6 is 0 Å². The van der Waals surface area contributed by atoms with E-state index in [-0.39, 0.29) is 0 Å². The molecule has 2 aromatic carbocycles. The van der Waals surface area contributed by atoms with Gasteiger partial charge < -0.3 is 5.32 Å². The highest BCUT2D eigenvalue weighted by Gasteiger charge is 2.17. The third-order valence-corrected chi connectivity index (χ3v) is 4.74. The predicted molar refractivity (Wildman–Crippen MR) is 98.9 cm³/mol. The van der Waals surface area contributed by atoms with Crippen LogP contribution in [0.5, 0.6) is 0 Å². The van der Waals surface area contributed by atoms with Gasteiger partial charge in [-0.15, -0.1) is 0 Å². The fraction of sp³-hybridized carbons (Fsp3) is 0.429. The van der Waals surface area contributed by atoms with Gasteiger partial charge in [-0.1, -0.05) is 42.5 Å². The Morgan fingerprint density at radius 2 is 1.87 bits per heavy atom. The minimum Gasteiger partial charge on any atom is -0.382 e. The Kier molecular flexibility index (Phi) is 5.02. The summed E-state index contributed by atoms with van der Waals surface area (Å²) in [5.41, 5.74) is 5.66. The van der Waals surface area contributed by atoms with Gasteiger partial charge in [-0.3, -0.25) is 4.90 Å². The number of rotatable bonds is 6. The molecular weight excluding hydrogens is 280 g/mol. The van der Waals surface area contributed by atoms with Gasteiger partial charge in [0.15, 0.2) is 0 Å². The van der Waals surface area contributed by atoms with Crippen LogP contribution < -0.4 is 5.32 Å². The Bertz CT molecular complexity index is 634. The minimum atomic E-state index is 0.561. The molecule has 122 valence electrons.